The van der Waals surface area contributed by atoms with Gasteiger partial charge in [-0.05, 0) is 65.1 Å². The Kier molecular flexibility index (Phi) is 6.83. The highest BCUT2D eigenvalue weighted by Gasteiger charge is 2.31. The summed E-state index contributed by atoms with van der Waals surface area (Å²) in [6.07, 6.45) is 1.80. The maximum atomic E-state index is 12.8. The van der Waals surface area contributed by atoms with Crippen molar-refractivity contribution in [2.75, 3.05) is 45.8 Å². The Morgan fingerprint density at radius 3 is 2.59 bits per heavy atom. The second-order valence-electron chi connectivity index (χ2n) is 9.40. The van der Waals surface area contributed by atoms with Gasteiger partial charge < -0.3 is 19.4 Å². The van der Waals surface area contributed by atoms with Gasteiger partial charge in [0.25, 0.3) is 5.91 Å². The quantitative estimate of drug-likeness (QED) is 0.779. The summed E-state index contributed by atoms with van der Waals surface area (Å²) < 4.78 is 5.50. The van der Waals surface area contributed by atoms with E-state index in [2.05, 4.69) is 4.90 Å². The maximum Gasteiger partial charge on any atom is 0.410 e. The van der Waals surface area contributed by atoms with E-state index in [1.165, 1.54) is 0 Å². The minimum Gasteiger partial charge on any atom is -0.444 e. The molecule has 0 aromatic heterocycles. The van der Waals surface area contributed by atoms with Gasteiger partial charge in [-0.15, -0.1) is 0 Å². The molecule has 29 heavy (non-hydrogen) atoms. The van der Waals surface area contributed by atoms with Gasteiger partial charge in [0.05, 0.1) is 0 Å². The SMILES string of the molecule is Cc1cccc(C(=O)N2CCCN(CC3CCN(C(=O)OC(C)(C)C)C3)CC2)c1. The summed E-state index contributed by atoms with van der Waals surface area (Å²) in [7, 11) is 0. The van der Waals surface area contributed by atoms with Crippen LogP contribution in [-0.2, 0) is 4.74 Å². The van der Waals surface area contributed by atoms with Crippen LogP contribution in [0.1, 0.15) is 49.5 Å². The fourth-order valence-electron chi connectivity index (χ4n) is 4.16. The molecular weight excluding hydrogens is 366 g/mol. The molecule has 3 rings (SSSR count). The van der Waals surface area contributed by atoms with Crippen LogP contribution in [0.5, 0.6) is 0 Å². The zero-order chi connectivity index (χ0) is 21.0. The van der Waals surface area contributed by atoms with E-state index in [4.69, 9.17) is 4.74 Å². The van der Waals surface area contributed by atoms with Crippen LogP contribution in [0.15, 0.2) is 24.3 Å². The highest BCUT2D eigenvalue weighted by Crippen LogP contribution is 2.21. The lowest BCUT2D eigenvalue weighted by Gasteiger charge is -2.26. The first-order valence-corrected chi connectivity index (χ1v) is 10.8. The molecule has 1 aromatic rings. The second kappa shape index (κ2) is 9.16. The number of hydrogen-bond acceptors (Lipinski definition) is 4. The predicted molar refractivity (Wildman–Crippen MR) is 114 cm³/mol. The van der Waals surface area contributed by atoms with Gasteiger partial charge in [-0.25, -0.2) is 4.79 Å². The Bertz CT molecular complexity index is 728. The molecule has 0 saturated carbocycles. The van der Waals surface area contributed by atoms with Crippen molar-refractivity contribution in [2.24, 2.45) is 5.92 Å². The Morgan fingerprint density at radius 2 is 1.86 bits per heavy atom. The van der Waals surface area contributed by atoms with Crippen LogP contribution in [-0.4, -0.2) is 78.1 Å². The van der Waals surface area contributed by atoms with E-state index in [1.54, 1.807) is 0 Å². The summed E-state index contributed by atoms with van der Waals surface area (Å²) in [5.41, 5.74) is 1.44. The zero-order valence-electron chi connectivity index (χ0n) is 18.3. The van der Waals surface area contributed by atoms with Crippen molar-refractivity contribution in [2.45, 2.75) is 46.1 Å². The Balaban J connectivity index is 1.48. The van der Waals surface area contributed by atoms with Gasteiger partial charge in [-0.2, -0.15) is 0 Å². The number of benzene rings is 1. The van der Waals surface area contributed by atoms with Crippen LogP contribution >= 0.6 is 0 Å². The largest absolute Gasteiger partial charge is 0.444 e. The van der Waals surface area contributed by atoms with Crippen LogP contribution in [0.2, 0.25) is 0 Å². The van der Waals surface area contributed by atoms with Gasteiger partial charge in [0.2, 0.25) is 0 Å². The summed E-state index contributed by atoms with van der Waals surface area (Å²) >= 11 is 0. The molecule has 0 N–H and O–H groups in total. The lowest BCUT2D eigenvalue weighted by molar-refractivity contribution is 0.0285. The molecule has 1 aromatic carbocycles. The second-order valence-corrected chi connectivity index (χ2v) is 9.40. The molecule has 0 aliphatic carbocycles. The van der Waals surface area contributed by atoms with Crippen LogP contribution in [0.3, 0.4) is 0 Å². The molecule has 6 heteroatoms. The number of nitrogens with zero attached hydrogens (tertiary/aromatic N) is 3. The third kappa shape index (κ3) is 6.20. The summed E-state index contributed by atoms with van der Waals surface area (Å²) in [6.45, 7) is 13.7. The standard InChI is InChI=1S/C23H35N3O3/c1-18-7-5-8-20(15-18)21(27)25-11-6-10-24(13-14-25)16-19-9-12-26(17-19)22(28)29-23(2,3)4/h5,7-8,15,19H,6,9-14,16-17H2,1-4H3. The maximum absolute atomic E-state index is 12.8. The average molecular weight is 402 g/mol. The van der Waals surface area contributed by atoms with Crippen molar-refractivity contribution in [3.05, 3.63) is 35.4 Å². The molecule has 2 aliphatic rings. The van der Waals surface area contributed by atoms with E-state index in [-0.39, 0.29) is 12.0 Å². The molecular formula is C23H35N3O3. The van der Waals surface area contributed by atoms with Crippen LogP contribution < -0.4 is 0 Å². The zero-order valence-corrected chi connectivity index (χ0v) is 18.3. The molecule has 2 amide bonds. The van der Waals surface area contributed by atoms with E-state index >= 15 is 0 Å². The van der Waals surface area contributed by atoms with Gasteiger partial charge in [0.15, 0.2) is 0 Å². The third-order valence-electron chi connectivity index (χ3n) is 5.59. The van der Waals surface area contributed by atoms with Gasteiger partial charge in [0, 0.05) is 44.8 Å². The third-order valence-corrected chi connectivity index (χ3v) is 5.59. The Morgan fingerprint density at radius 1 is 1.07 bits per heavy atom. The molecule has 0 bridgehead atoms. The van der Waals surface area contributed by atoms with Crippen molar-refractivity contribution in [3.63, 3.8) is 0 Å². The van der Waals surface area contributed by atoms with Crippen molar-refractivity contribution in [1.29, 1.82) is 0 Å². The monoisotopic (exact) mass is 401 g/mol. The molecule has 0 radical (unpaired) electrons. The van der Waals surface area contributed by atoms with Gasteiger partial charge in [0.1, 0.15) is 5.60 Å². The first kappa shape index (κ1) is 21.6. The van der Waals surface area contributed by atoms with E-state index in [0.29, 0.717) is 5.92 Å². The van der Waals surface area contributed by atoms with Crippen LogP contribution in [0, 0.1) is 12.8 Å². The molecule has 1 atom stereocenters. The van der Waals surface area contributed by atoms with Crippen LogP contribution in [0.4, 0.5) is 4.79 Å². The van der Waals surface area contributed by atoms with Gasteiger partial charge in [-0.1, -0.05) is 17.7 Å². The first-order chi connectivity index (χ1) is 13.7. The minimum atomic E-state index is -0.451. The van der Waals surface area contributed by atoms with Crippen molar-refractivity contribution in [1.82, 2.24) is 14.7 Å². The molecule has 2 fully saturated rings. The summed E-state index contributed by atoms with van der Waals surface area (Å²) in [4.78, 5) is 31.4. The summed E-state index contributed by atoms with van der Waals surface area (Å²) in [6, 6.07) is 7.84. The molecule has 2 heterocycles. The highest BCUT2D eigenvalue weighted by molar-refractivity contribution is 5.94. The van der Waals surface area contributed by atoms with Crippen molar-refractivity contribution < 1.29 is 14.3 Å². The topological polar surface area (TPSA) is 53.1 Å². The van der Waals surface area contributed by atoms with Gasteiger partial charge >= 0.3 is 6.09 Å². The number of likely N-dealkylation sites (tertiary alicyclic amines) is 1. The average Bonchev–Trinajstić information content (AvgIpc) is 2.98. The predicted octanol–water partition coefficient (Wildman–Crippen LogP) is 3.40. The molecule has 2 saturated heterocycles. The summed E-state index contributed by atoms with van der Waals surface area (Å²) in [5.74, 6) is 0.606. The normalized spacial score (nSPS) is 21.2. The molecule has 0 spiro atoms. The fraction of sp³-hybridized carbons (Fsp3) is 0.652. The first-order valence-electron chi connectivity index (χ1n) is 10.8. The van der Waals surface area contributed by atoms with Crippen molar-refractivity contribution >= 4 is 12.0 Å². The van der Waals surface area contributed by atoms with Gasteiger partial charge in [-0.3, -0.25) is 4.79 Å². The molecule has 6 nitrogen and oxygen atoms in total. The van der Waals surface area contributed by atoms with Crippen molar-refractivity contribution in [3.8, 4) is 0 Å². The molecule has 1 unspecified atom stereocenters. The van der Waals surface area contributed by atoms with E-state index < -0.39 is 5.60 Å². The Hall–Kier alpha value is -2.08. The number of carbonyl (C=O) groups excluding carboxylic acids is 2. The number of ether oxygens (including phenoxy) is 1. The van der Waals surface area contributed by atoms with Crippen LogP contribution in [0.25, 0.3) is 0 Å². The highest BCUT2D eigenvalue weighted by atomic mass is 16.6. The number of hydrogen-bond donors (Lipinski definition) is 0. The Labute approximate surface area is 174 Å². The number of amides is 2. The number of carbonyl (C=O) groups is 2. The number of aryl methyl sites for hydroxylation is 1. The molecule has 2 aliphatic heterocycles. The number of rotatable bonds is 3. The summed E-state index contributed by atoms with van der Waals surface area (Å²) in [5, 5.41) is 0. The molecule has 160 valence electrons. The lowest BCUT2D eigenvalue weighted by atomic mass is 10.1. The smallest absolute Gasteiger partial charge is 0.410 e. The van der Waals surface area contributed by atoms with E-state index in [0.717, 1.165) is 69.8 Å². The fourth-order valence-corrected chi connectivity index (χ4v) is 4.16. The van der Waals surface area contributed by atoms with E-state index in [9.17, 15) is 9.59 Å². The van der Waals surface area contributed by atoms with E-state index in [1.807, 2.05) is 61.8 Å². The minimum absolute atomic E-state index is 0.132. The lowest BCUT2D eigenvalue weighted by Crippen LogP contribution is -2.38.